The van der Waals surface area contributed by atoms with Crippen LogP contribution >= 0.6 is 0 Å². The lowest BCUT2D eigenvalue weighted by Crippen LogP contribution is -2.15. The molecule has 0 atom stereocenters. The Morgan fingerprint density at radius 3 is 2.71 bits per heavy atom. The molecule has 2 heterocycles. The summed E-state index contributed by atoms with van der Waals surface area (Å²) in [5, 5.41) is 7.01. The van der Waals surface area contributed by atoms with Gasteiger partial charge in [-0.15, -0.1) is 0 Å². The number of H-pyrrole nitrogens is 1. The van der Waals surface area contributed by atoms with Crippen molar-refractivity contribution in [3.8, 4) is 5.75 Å². The number of rotatable bonds is 4. The molecule has 1 aromatic carbocycles. The van der Waals surface area contributed by atoms with Gasteiger partial charge in [0.15, 0.2) is 0 Å². The SMILES string of the molecule is O=c1[nH]c2nonc2nc1Cc1ccc(OC(F)F)cc1. The van der Waals surface area contributed by atoms with Crippen LogP contribution < -0.4 is 10.3 Å². The van der Waals surface area contributed by atoms with Crippen LogP contribution in [0.5, 0.6) is 5.75 Å². The van der Waals surface area contributed by atoms with Gasteiger partial charge in [0.25, 0.3) is 5.56 Å². The molecule has 0 saturated heterocycles. The Morgan fingerprint density at radius 2 is 2.00 bits per heavy atom. The van der Waals surface area contributed by atoms with Gasteiger partial charge >= 0.3 is 6.61 Å². The first kappa shape index (κ1) is 13.2. The molecule has 7 nitrogen and oxygen atoms in total. The molecule has 21 heavy (non-hydrogen) atoms. The maximum absolute atomic E-state index is 12.0. The highest BCUT2D eigenvalue weighted by atomic mass is 19.3. The first-order valence-electron chi connectivity index (χ1n) is 5.87. The highest BCUT2D eigenvalue weighted by Gasteiger charge is 2.10. The zero-order valence-electron chi connectivity index (χ0n) is 10.4. The van der Waals surface area contributed by atoms with Crippen LogP contribution in [0, 0.1) is 0 Å². The number of alkyl halides is 2. The second-order valence-corrected chi connectivity index (χ2v) is 4.15. The third-order valence-corrected chi connectivity index (χ3v) is 2.73. The maximum Gasteiger partial charge on any atom is 0.387 e. The number of nitrogens with one attached hydrogen (secondary N) is 1. The van der Waals surface area contributed by atoms with Gasteiger partial charge in [0, 0.05) is 6.42 Å². The van der Waals surface area contributed by atoms with Gasteiger partial charge in [-0.25, -0.2) is 9.61 Å². The molecule has 0 aliphatic carbocycles. The summed E-state index contributed by atoms with van der Waals surface area (Å²) in [6, 6.07) is 5.94. The first-order chi connectivity index (χ1) is 10.1. The lowest BCUT2D eigenvalue weighted by Gasteiger charge is -2.05. The number of fused-ring (bicyclic) bond motifs is 1. The largest absolute Gasteiger partial charge is 0.435 e. The van der Waals surface area contributed by atoms with Crippen LogP contribution in [0.15, 0.2) is 33.7 Å². The number of ether oxygens (including phenoxy) is 1. The summed E-state index contributed by atoms with van der Waals surface area (Å²) in [7, 11) is 0. The minimum atomic E-state index is -2.87. The smallest absolute Gasteiger partial charge is 0.387 e. The van der Waals surface area contributed by atoms with Gasteiger partial charge in [0.05, 0.1) is 0 Å². The Kier molecular flexibility index (Phi) is 3.30. The zero-order valence-corrected chi connectivity index (χ0v) is 10.4. The third kappa shape index (κ3) is 2.86. The van der Waals surface area contributed by atoms with Gasteiger partial charge in [-0.1, -0.05) is 12.1 Å². The molecule has 108 valence electrons. The van der Waals surface area contributed by atoms with E-state index >= 15 is 0 Å². The number of aromatic amines is 1. The van der Waals surface area contributed by atoms with Crippen LogP contribution in [0.4, 0.5) is 8.78 Å². The first-order valence-corrected chi connectivity index (χ1v) is 5.87. The highest BCUT2D eigenvalue weighted by Crippen LogP contribution is 2.16. The van der Waals surface area contributed by atoms with Gasteiger partial charge in [-0.05, 0) is 28.0 Å². The van der Waals surface area contributed by atoms with Crippen molar-refractivity contribution in [1.29, 1.82) is 0 Å². The predicted molar refractivity (Wildman–Crippen MR) is 66.1 cm³/mol. The number of hydrogen-bond acceptors (Lipinski definition) is 6. The zero-order chi connectivity index (χ0) is 14.8. The lowest BCUT2D eigenvalue weighted by molar-refractivity contribution is -0.0498. The minimum absolute atomic E-state index is 0.0479. The van der Waals surface area contributed by atoms with Crippen molar-refractivity contribution in [3.63, 3.8) is 0 Å². The highest BCUT2D eigenvalue weighted by molar-refractivity contribution is 5.62. The summed E-state index contributed by atoms with van der Waals surface area (Å²) < 4.78 is 32.8. The third-order valence-electron chi connectivity index (χ3n) is 2.73. The fourth-order valence-corrected chi connectivity index (χ4v) is 1.80. The monoisotopic (exact) mass is 294 g/mol. The molecule has 1 N–H and O–H groups in total. The normalized spacial score (nSPS) is 11.2. The number of aromatic nitrogens is 4. The number of benzene rings is 1. The van der Waals surface area contributed by atoms with Crippen molar-refractivity contribution in [1.82, 2.24) is 20.3 Å². The Balaban J connectivity index is 1.84. The van der Waals surface area contributed by atoms with E-state index in [9.17, 15) is 13.6 Å². The van der Waals surface area contributed by atoms with Gasteiger partial charge in [0.1, 0.15) is 11.4 Å². The van der Waals surface area contributed by atoms with Gasteiger partial charge in [-0.2, -0.15) is 8.78 Å². The molecule has 0 unspecified atom stereocenters. The maximum atomic E-state index is 12.0. The molecule has 0 amide bonds. The van der Waals surface area contributed by atoms with Crippen molar-refractivity contribution in [2.75, 3.05) is 0 Å². The van der Waals surface area contributed by atoms with E-state index in [-0.39, 0.29) is 29.2 Å². The van der Waals surface area contributed by atoms with Crippen LogP contribution in [0.1, 0.15) is 11.3 Å². The van der Waals surface area contributed by atoms with Crippen LogP contribution in [0.2, 0.25) is 0 Å². The van der Waals surface area contributed by atoms with Crippen molar-refractivity contribution in [3.05, 3.63) is 45.9 Å². The standard InChI is InChI=1S/C12H8F2N4O3/c13-12(14)20-7-3-1-6(2-4-7)5-8-11(19)16-10-9(15-8)17-21-18-10/h1-4,12H,5H2,(H,16,18,19). The molecule has 0 bridgehead atoms. The molecule has 0 radical (unpaired) electrons. The molecule has 2 aromatic heterocycles. The lowest BCUT2D eigenvalue weighted by atomic mass is 10.1. The molecule has 3 aromatic rings. The van der Waals surface area contributed by atoms with E-state index in [2.05, 4.69) is 29.6 Å². The summed E-state index contributed by atoms with van der Waals surface area (Å²) in [5.41, 5.74) is 0.893. The topological polar surface area (TPSA) is 93.9 Å². The van der Waals surface area contributed by atoms with Gasteiger partial charge in [-0.3, -0.25) is 9.78 Å². The molecule has 0 aliphatic rings. The number of hydrogen-bond donors (Lipinski definition) is 1. The Bertz CT molecular complexity index is 813. The van der Waals surface area contributed by atoms with E-state index in [4.69, 9.17) is 0 Å². The van der Waals surface area contributed by atoms with Gasteiger partial charge in [0.2, 0.25) is 11.3 Å². The second-order valence-electron chi connectivity index (χ2n) is 4.15. The number of halogens is 2. The summed E-state index contributed by atoms with van der Waals surface area (Å²) in [6.07, 6.45) is 0.215. The Labute approximate surface area is 115 Å². The quantitative estimate of drug-likeness (QED) is 0.783. The number of nitrogens with zero attached hydrogens (tertiary/aromatic N) is 3. The summed E-state index contributed by atoms with van der Waals surface area (Å²) in [5.74, 6) is 0.0479. The van der Waals surface area contributed by atoms with Crippen molar-refractivity contribution in [2.24, 2.45) is 0 Å². The molecule has 0 spiro atoms. The summed E-state index contributed by atoms with van der Waals surface area (Å²) >= 11 is 0. The summed E-state index contributed by atoms with van der Waals surface area (Å²) in [4.78, 5) is 18.3. The Hall–Kier alpha value is -2.84. The molecule has 0 aliphatic heterocycles. The molecule has 3 rings (SSSR count). The van der Waals surface area contributed by atoms with Crippen LogP contribution in [-0.2, 0) is 6.42 Å². The van der Waals surface area contributed by atoms with E-state index < -0.39 is 12.2 Å². The predicted octanol–water partition coefficient (Wildman–Crippen LogP) is 1.50. The Morgan fingerprint density at radius 1 is 1.24 bits per heavy atom. The van der Waals surface area contributed by atoms with Crippen LogP contribution in [-0.4, -0.2) is 26.9 Å². The van der Waals surface area contributed by atoms with Crippen molar-refractivity contribution >= 4 is 11.3 Å². The molecule has 0 saturated carbocycles. The molecular weight excluding hydrogens is 286 g/mol. The van der Waals surface area contributed by atoms with E-state index in [1.807, 2.05) is 0 Å². The van der Waals surface area contributed by atoms with E-state index in [0.29, 0.717) is 5.56 Å². The second kappa shape index (κ2) is 5.27. The summed E-state index contributed by atoms with van der Waals surface area (Å²) in [6.45, 7) is -2.87. The van der Waals surface area contributed by atoms with E-state index in [1.54, 1.807) is 12.1 Å². The van der Waals surface area contributed by atoms with Crippen LogP contribution in [0.3, 0.4) is 0 Å². The molecule has 9 heteroatoms. The van der Waals surface area contributed by atoms with Gasteiger partial charge < -0.3 is 4.74 Å². The molecule has 0 fully saturated rings. The fraction of sp³-hybridized carbons (Fsp3) is 0.167. The van der Waals surface area contributed by atoms with Crippen LogP contribution in [0.25, 0.3) is 11.3 Å². The van der Waals surface area contributed by atoms with Crippen molar-refractivity contribution in [2.45, 2.75) is 13.0 Å². The van der Waals surface area contributed by atoms with Crippen molar-refractivity contribution < 1.29 is 18.1 Å². The fourth-order valence-electron chi connectivity index (χ4n) is 1.80. The average Bonchev–Trinajstić information content (AvgIpc) is 2.88. The van der Waals surface area contributed by atoms with E-state index in [1.165, 1.54) is 12.1 Å². The minimum Gasteiger partial charge on any atom is -0.435 e. The molecular formula is C12H8F2N4O3. The average molecular weight is 294 g/mol. The van der Waals surface area contributed by atoms with E-state index in [0.717, 1.165) is 0 Å².